The average molecular weight is 559 g/mol. The van der Waals surface area contributed by atoms with E-state index in [9.17, 15) is 0 Å². The van der Waals surface area contributed by atoms with E-state index in [0.717, 1.165) is 19.3 Å². The van der Waals surface area contributed by atoms with Crippen LogP contribution in [0.25, 0.3) is 11.1 Å². The van der Waals surface area contributed by atoms with Crippen LogP contribution in [0.5, 0.6) is 0 Å². The van der Waals surface area contributed by atoms with Crippen molar-refractivity contribution in [1.82, 2.24) is 0 Å². The standard InChI is InChI=1S/C42H54/c1-11-12-16-23-42(30-17-14-13-15-18-30,33-22-21-31(25-33)39(2,3)4)38-28-34(41(8,9)10)27-36-35-26-32(40(5,6)7)20-19-29(35)24-37(36)38/h13-15,17-21,25-28H,11-12,16,22-24H2,1-10H3. The maximum atomic E-state index is 2.63. The number of allylic oxidation sites excluding steroid dienone is 4. The molecule has 1 unspecified atom stereocenters. The zero-order valence-corrected chi connectivity index (χ0v) is 28.2. The maximum Gasteiger partial charge on any atom is 0.0420 e. The number of fused-ring (bicyclic) bond motifs is 3. The van der Waals surface area contributed by atoms with Gasteiger partial charge in [-0.05, 0) is 85.6 Å². The molecule has 0 N–H and O–H groups in total. The van der Waals surface area contributed by atoms with Gasteiger partial charge < -0.3 is 0 Å². The number of benzene rings is 3. The Balaban J connectivity index is 1.85. The molecule has 0 saturated carbocycles. The molecule has 2 aliphatic carbocycles. The highest BCUT2D eigenvalue weighted by molar-refractivity contribution is 5.81. The van der Waals surface area contributed by atoms with Crippen LogP contribution in [0.15, 0.2) is 84.0 Å². The van der Waals surface area contributed by atoms with Gasteiger partial charge in [-0.15, -0.1) is 0 Å². The van der Waals surface area contributed by atoms with Crippen molar-refractivity contribution in [1.29, 1.82) is 0 Å². The van der Waals surface area contributed by atoms with Crippen LogP contribution in [0.1, 0.15) is 135 Å². The zero-order chi connectivity index (χ0) is 30.5. The summed E-state index contributed by atoms with van der Waals surface area (Å²) in [5.41, 5.74) is 15.1. The molecular weight excluding hydrogens is 504 g/mol. The van der Waals surface area contributed by atoms with Gasteiger partial charge in [0.15, 0.2) is 0 Å². The summed E-state index contributed by atoms with van der Waals surface area (Å²) in [6.07, 6.45) is 12.0. The van der Waals surface area contributed by atoms with Gasteiger partial charge in [0, 0.05) is 5.41 Å². The SMILES string of the molecule is CCCCCC(C1=CC(C(C)(C)C)=CC1)(c1ccccc1)c1cc(C(C)(C)C)cc2c1Cc1ccc(C(C)(C)C)cc1-2. The van der Waals surface area contributed by atoms with Gasteiger partial charge >= 0.3 is 0 Å². The quantitative estimate of drug-likeness (QED) is 0.198. The van der Waals surface area contributed by atoms with E-state index in [2.05, 4.69) is 142 Å². The summed E-state index contributed by atoms with van der Waals surface area (Å²) < 4.78 is 0. The molecule has 3 aromatic carbocycles. The third-order valence-electron chi connectivity index (χ3n) is 9.92. The van der Waals surface area contributed by atoms with E-state index in [1.54, 1.807) is 16.7 Å². The van der Waals surface area contributed by atoms with Crippen LogP contribution in [0, 0.1) is 5.41 Å². The first-order valence-corrected chi connectivity index (χ1v) is 16.4. The first-order chi connectivity index (χ1) is 19.7. The number of hydrogen-bond donors (Lipinski definition) is 0. The van der Waals surface area contributed by atoms with E-state index in [1.807, 2.05) is 0 Å². The molecule has 42 heavy (non-hydrogen) atoms. The van der Waals surface area contributed by atoms with E-state index in [4.69, 9.17) is 0 Å². The number of unbranched alkanes of at least 4 members (excludes halogenated alkanes) is 2. The Morgan fingerprint density at radius 2 is 1.31 bits per heavy atom. The molecule has 222 valence electrons. The molecule has 0 bridgehead atoms. The van der Waals surface area contributed by atoms with Crippen molar-refractivity contribution in [3.63, 3.8) is 0 Å². The summed E-state index contributed by atoms with van der Waals surface area (Å²) in [7, 11) is 0. The fourth-order valence-electron chi connectivity index (χ4n) is 7.22. The molecule has 0 aliphatic heterocycles. The van der Waals surface area contributed by atoms with E-state index in [1.165, 1.54) is 58.2 Å². The highest BCUT2D eigenvalue weighted by atomic mass is 14.5. The van der Waals surface area contributed by atoms with E-state index >= 15 is 0 Å². The molecule has 2 aliphatic rings. The Morgan fingerprint density at radius 3 is 1.90 bits per heavy atom. The van der Waals surface area contributed by atoms with Gasteiger partial charge in [-0.3, -0.25) is 0 Å². The lowest BCUT2D eigenvalue weighted by molar-refractivity contribution is 0.494. The van der Waals surface area contributed by atoms with Gasteiger partial charge in [0.2, 0.25) is 0 Å². The molecule has 0 saturated heterocycles. The summed E-state index contributed by atoms with van der Waals surface area (Å²) in [4.78, 5) is 0. The summed E-state index contributed by atoms with van der Waals surface area (Å²) in [5.74, 6) is 0. The predicted octanol–water partition coefficient (Wildman–Crippen LogP) is 12.0. The molecule has 1 atom stereocenters. The van der Waals surface area contributed by atoms with Crippen LogP contribution in [0.3, 0.4) is 0 Å². The normalized spacial score (nSPS) is 16.5. The molecule has 0 spiro atoms. The molecule has 0 fully saturated rings. The first kappa shape index (κ1) is 30.6. The second-order valence-electron chi connectivity index (χ2n) is 16.1. The van der Waals surface area contributed by atoms with Crippen molar-refractivity contribution in [3.05, 3.63) is 117 Å². The molecule has 0 heterocycles. The fraction of sp³-hybridized carbons (Fsp3) is 0.476. The van der Waals surface area contributed by atoms with Gasteiger partial charge in [0.25, 0.3) is 0 Å². The smallest absolute Gasteiger partial charge is 0.0420 e. The molecule has 0 aromatic heterocycles. The Hall–Kier alpha value is -2.86. The minimum absolute atomic E-state index is 0.0545. The van der Waals surface area contributed by atoms with Crippen molar-refractivity contribution in [2.45, 2.75) is 124 Å². The van der Waals surface area contributed by atoms with Crippen LogP contribution in [-0.4, -0.2) is 0 Å². The molecular formula is C42H54. The average Bonchev–Trinajstić information content (AvgIpc) is 3.56. The monoisotopic (exact) mass is 558 g/mol. The first-order valence-electron chi connectivity index (χ1n) is 16.4. The molecule has 0 amide bonds. The second-order valence-corrected chi connectivity index (χ2v) is 16.1. The van der Waals surface area contributed by atoms with Gasteiger partial charge in [0.1, 0.15) is 0 Å². The highest BCUT2D eigenvalue weighted by Gasteiger charge is 2.43. The summed E-state index contributed by atoms with van der Waals surface area (Å²) in [6.45, 7) is 23.6. The van der Waals surface area contributed by atoms with Crippen molar-refractivity contribution < 1.29 is 0 Å². The molecule has 5 rings (SSSR count). The van der Waals surface area contributed by atoms with Crippen molar-refractivity contribution in [2.75, 3.05) is 0 Å². The third-order valence-corrected chi connectivity index (χ3v) is 9.92. The number of rotatable bonds is 7. The maximum absolute atomic E-state index is 2.63. The van der Waals surface area contributed by atoms with E-state index < -0.39 is 0 Å². The Morgan fingerprint density at radius 1 is 0.643 bits per heavy atom. The summed E-state index contributed by atoms with van der Waals surface area (Å²) in [6, 6.07) is 24.0. The summed E-state index contributed by atoms with van der Waals surface area (Å²) >= 11 is 0. The van der Waals surface area contributed by atoms with Gasteiger partial charge in [-0.1, -0.05) is 167 Å². The van der Waals surface area contributed by atoms with E-state index in [0.29, 0.717) is 0 Å². The number of hydrogen-bond acceptors (Lipinski definition) is 0. The van der Waals surface area contributed by atoms with Crippen LogP contribution in [0.2, 0.25) is 0 Å². The highest BCUT2D eigenvalue weighted by Crippen LogP contribution is 2.54. The van der Waals surface area contributed by atoms with Crippen LogP contribution >= 0.6 is 0 Å². The second kappa shape index (κ2) is 11.0. The van der Waals surface area contributed by atoms with Crippen LogP contribution < -0.4 is 0 Å². The van der Waals surface area contributed by atoms with Crippen molar-refractivity contribution >= 4 is 0 Å². The predicted molar refractivity (Wildman–Crippen MR) is 184 cm³/mol. The zero-order valence-electron chi connectivity index (χ0n) is 28.2. The van der Waals surface area contributed by atoms with Crippen LogP contribution in [-0.2, 0) is 22.7 Å². The largest absolute Gasteiger partial charge is 0.0767 e. The Labute approximate surface area is 257 Å². The fourth-order valence-corrected chi connectivity index (χ4v) is 7.22. The van der Waals surface area contributed by atoms with E-state index in [-0.39, 0.29) is 21.7 Å². The lowest BCUT2D eigenvalue weighted by Gasteiger charge is -2.40. The summed E-state index contributed by atoms with van der Waals surface area (Å²) in [5, 5.41) is 0. The minimum Gasteiger partial charge on any atom is -0.0767 e. The van der Waals surface area contributed by atoms with Gasteiger partial charge in [-0.2, -0.15) is 0 Å². The molecule has 0 heteroatoms. The topological polar surface area (TPSA) is 0 Å². The molecule has 0 radical (unpaired) electrons. The Bertz CT molecular complexity index is 1510. The molecule has 3 aromatic rings. The van der Waals surface area contributed by atoms with Crippen molar-refractivity contribution in [3.8, 4) is 11.1 Å². The lowest BCUT2D eigenvalue weighted by atomic mass is 9.63. The Kier molecular flexibility index (Phi) is 8.02. The lowest BCUT2D eigenvalue weighted by Crippen LogP contribution is -2.32. The van der Waals surface area contributed by atoms with Crippen molar-refractivity contribution in [2.24, 2.45) is 5.41 Å². The van der Waals surface area contributed by atoms with Crippen LogP contribution in [0.4, 0.5) is 0 Å². The molecule has 0 nitrogen and oxygen atoms in total. The minimum atomic E-state index is -0.153. The van der Waals surface area contributed by atoms with Gasteiger partial charge in [0.05, 0.1) is 0 Å². The third kappa shape index (κ3) is 5.59. The van der Waals surface area contributed by atoms with Gasteiger partial charge in [-0.25, -0.2) is 0 Å².